The minimum Gasteiger partial charge on any atom is -0.265 e. The molecule has 4 heterocycles. The lowest BCUT2D eigenvalue weighted by atomic mass is 10.2. The molecule has 0 aliphatic carbocycles. The second-order valence-electron chi connectivity index (χ2n) is 4.85. The molecule has 0 saturated heterocycles. The molecule has 0 unspecified atom stereocenters. The van der Waals surface area contributed by atoms with Crippen molar-refractivity contribution in [3.05, 3.63) is 61.6 Å². The average Bonchev–Trinajstić information content (AvgIpc) is 3.27. The molecule has 0 atom stereocenters. The van der Waals surface area contributed by atoms with Crippen molar-refractivity contribution in [1.29, 1.82) is 0 Å². The third-order valence-corrected chi connectivity index (χ3v) is 3.31. The van der Waals surface area contributed by atoms with Gasteiger partial charge in [-0.2, -0.15) is 10.2 Å². The molecule has 0 aliphatic rings. The molecule has 8 heteroatoms. The Labute approximate surface area is 131 Å². The van der Waals surface area contributed by atoms with Gasteiger partial charge in [-0.1, -0.05) is 6.07 Å². The number of aromatic nitrogens is 8. The lowest BCUT2D eigenvalue weighted by molar-refractivity contribution is -0.745. The van der Waals surface area contributed by atoms with E-state index < -0.39 is 0 Å². The first-order valence-corrected chi connectivity index (χ1v) is 7.04. The van der Waals surface area contributed by atoms with Crippen LogP contribution in [0.5, 0.6) is 0 Å². The third-order valence-electron chi connectivity index (χ3n) is 3.31. The number of hydrogen-bond acceptors (Lipinski definition) is 5. The Morgan fingerprint density at radius 2 is 1.96 bits per heavy atom. The Kier molecular flexibility index (Phi) is 3.32. The highest BCUT2D eigenvalue weighted by molar-refractivity contribution is 5.56. The molecule has 0 aromatic carbocycles. The largest absolute Gasteiger partial charge is 0.371 e. The van der Waals surface area contributed by atoms with Crippen LogP contribution in [0, 0.1) is 0 Å². The molecule has 4 aromatic rings. The van der Waals surface area contributed by atoms with Gasteiger partial charge < -0.3 is 0 Å². The van der Waals surface area contributed by atoms with Crippen molar-refractivity contribution in [2.75, 3.05) is 0 Å². The molecule has 0 aliphatic heterocycles. The van der Waals surface area contributed by atoms with E-state index in [4.69, 9.17) is 0 Å². The standard InChI is InChI=1S/C15H12N8/c1-2-6-18-13(3-1)15-20-14(12-4-7-16-8-5-12)21-23(15)11-22-10-17-9-19-22/h1-10H,11H2/p+1. The molecule has 0 amide bonds. The highest BCUT2D eigenvalue weighted by atomic mass is 15.5. The number of nitrogens with zero attached hydrogens (tertiary/aromatic N) is 7. The normalized spacial score (nSPS) is 10.8. The summed E-state index contributed by atoms with van der Waals surface area (Å²) in [6.45, 7) is 0.462. The van der Waals surface area contributed by atoms with Gasteiger partial charge in [0.15, 0.2) is 5.69 Å². The molecule has 0 radical (unpaired) electrons. The summed E-state index contributed by atoms with van der Waals surface area (Å²) < 4.78 is 3.59. The SMILES string of the molecule is c1ccc(-c2nc(-c3ccncc3)[nH][n+]2Cn2cncn2)nc1. The fourth-order valence-corrected chi connectivity index (χ4v) is 2.25. The van der Waals surface area contributed by atoms with E-state index in [-0.39, 0.29) is 0 Å². The molecule has 8 nitrogen and oxygen atoms in total. The van der Waals surface area contributed by atoms with E-state index >= 15 is 0 Å². The molecule has 112 valence electrons. The van der Waals surface area contributed by atoms with E-state index in [2.05, 4.69) is 30.1 Å². The van der Waals surface area contributed by atoms with E-state index in [1.165, 1.54) is 6.33 Å². The maximum atomic E-state index is 4.69. The van der Waals surface area contributed by atoms with Gasteiger partial charge in [-0.05, 0) is 29.2 Å². The van der Waals surface area contributed by atoms with Crippen molar-refractivity contribution in [2.24, 2.45) is 0 Å². The van der Waals surface area contributed by atoms with Crippen LogP contribution in [0.3, 0.4) is 0 Å². The van der Waals surface area contributed by atoms with Crippen LogP contribution < -0.4 is 4.68 Å². The van der Waals surface area contributed by atoms with E-state index in [0.29, 0.717) is 6.67 Å². The van der Waals surface area contributed by atoms with E-state index in [0.717, 1.165) is 22.9 Å². The van der Waals surface area contributed by atoms with Gasteiger partial charge in [-0.15, -0.1) is 4.68 Å². The van der Waals surface area contributed by atoms with Crippen molar-refractivity contribution in [3.63, 3.8) is 0 Å². The summed E-state index contributed by atoms with van der Waals surface area (Å²) in [5, 5.41) is 7.42. The van der Waals surface area contributed by atoms with Gasteiger partial charge >= 0.3 is 5.82 Å². The molecule has 0 spiro atoms. The summed E-state index contributed by atoms with van der Waals surface area (Å²) >= 11 is 0. The van der Waals surface area contributed by atoms with Crippen LogP contribution >= 0.6 is 0 Å². The summed E-state index contributed by atoms with van der Waals surface area (Å²) in [5.74, 6) is 1.47. The minimum absolute atomic E-state index is 0.462. The predicted molar refractivity (Wildman–Crippen MR) is 80.7 cm³/mol. The number of pyridine rings is 2. The van der Waals surface area contributed by atoms with Crippen molar-refractivity contribution in [2.45, 2.75) is 6.67 Å². The van der Waals surface area contributed by atoms with Gasteiger partial charge in [0.2, 0.25) is 6.67 Å². The Balaban J connectivity index is 1.80. The first-order chi connectivity index (χ1) is 11.4. The highest BCUT2D eigenvalue weighted by Gasteiger charge is 2.23. The molecule has 0 saturated carbocycles. The Morgan fingerprint density at radius 3 is 2.70 bits per heavy atom. The third kappa shape index (κ3) is 2.69. The Morgan fingerprint density at radius 1 is 1.04 bits per heavy atom. The fourth-order valence-electron chi connectivity index (χ4n) is 2.25. The van der Waals surface area contributed by atoms with Crippen LogP contribution in [-0.4, -0.2) is 34.8 Å². The summed E-state index contributed by atoms with van der Waals surface area (Å²) in [6.07, 6.45) is 8.37. The van der Waals surface area contributed by atoms with E-state index in [1.807, 2.05) is 35.0 Å². The summed E-state index contributed by atoms with van der Waals surface area (Å²) in [4.78, 5) is 17.1. The maximum absolute atomic E-state index is 4.69. The molecule has 1 N–H and O–H groups in total. The minimum atomic E-state index is 0.462. The number of rotatable bonds is 4. The topological polar surface area (TPSA) is 89.0 Å². The van der Waals surface area contributed by atoms with Gasteiger partial charge in [0.25, 0.3) is 5.82 Å². The number of nitrogens with one attached hydrogen (secondary N) is 1. The van der Waals surface area contributed by atoms with Gasteiger partial charge in [0.05, 0.1) is 0 Å². The molecule has 23 heavy (non-hydrogen) atoms. The summed E-state index contributed by atoms with van der Waals surface area (Å²) in [6, 6.07) is 9.54. The zero-order valence-electron chi connectivity index (χ0n) is 12.1. The Hall–Kier alpha value is -3.42. The smallest absolute Gasteiger partial charge is 0.265 e. The maximum Gasteiger partial charge on any atom is 0.371 e. The van der Waals surface area contributed by atoms with Crippen LogP contribution in [0.15, 0.2) is 61.6 Å². The van der Waals surface area contributed by atoms with Gasteiger partial charge in [-0.3, -0.25) is 4.98 Å². The molecular formula is C15H13N8+. The van der Waals surface area contributed by atoms with Crippen molar-refractivity contribution >= 4 is 0 Å². The lowest BCUT2D eigenvalue weighted by Crippen LogP contribution is -2.41. The quantitative estimate of drug-likeness (QED) is 0.566. The average molecular weight is 305 g/mol. The van der Waals surface area contributed by atoms with Crippen molar-refractivity contribution in [3.8, 4) is 22.9 Å². The van der Waals surface area contributed by atoms with Crippen molar-refractivity contribution in [1.82, 2.24) is 34.8 Å². The zero-order valence-corrected chi connectivity index (χ0v) is 12.1. The highest BCUT2D eigenvalue weighted by Crippen LogP contribution is 2.16. The van der Waals surface area contributed by atoms with Crippen molar-refractivity contribution < 1.29 is 4.68 Å². The second kappa shape index (κ2) is 5.76. The summed E-state index contributed by atoms with van der Waals surface area (Å²) in [7, 11) is 0. The van der Waals surface area contributed by atoms with Crippen LogP contribution in [0.2, 0.25) is 0 Å². The zero-order chi connectivity index (χ0) is 15.5. The first-order valence-electron chi connectivity index (χ1n) is 7.04. The first kappa shape index (κ1) is 13.3. The van der Waals surface area contributed by atoms with Gasteiger partial charge in [0, 0.05) is 24.2 Å². The predicted octanol–water partition coefficient (Wildman–Crippen LogP) is 0.918. The fraction of sp³-hybridized carbons (Fsp3) is 0.0667. The number of aromatic amines is 1. The summed E-state index contributed by atoms with van der Waals surface area (Å²) in [5.41, 5.74) is 1.73. The van der Waals surface area contributed by atoms with E-state index in [9.17, 15) is 0 Å². The molecule has 0 fully saturated rings. The molecular weight excluding hydrogens is 292 g/mol. The van der Waals surface area contributed by atoms with Crippen LogP contribution in [-0.2, 0) is 6.67 Å². The Bertz CT molecular complexity index is 884. The molecule has 0 bridgehead atoms. The lowest BCUT2D eigenvalue weighted by Gasteiger charge is -1.98. The number of hydrogen-bond donors (Lipinski definition) is 1. The van der Waals surface area contributed by atoms with Crippen LogP contribution in [0.25, 0.3) is 22.9 Å². The molecule has 4 rings (SSSR count). The van der Waals surface area contributed by atoms with Gasteiger partial charge in [0.1, 0.15) is 12.7 Å². The second-order valence-corrected chi connectivity index (χ2v) is 4.85. The van der Waals surface area contributed by atoms with E-state index in [1.54, 1.807) is 29.6 Å². The number of H-pyrrole nitrogens is 1. The van der Waals surface area contributed by atoms with Gasteiger partial charge in [-0.25, -0.2) is 14.6 Å². The monoisotopic (exact) mass is 305 g/mol. The molecule has 4 aromatic heterocycles. The van der Waals surface area contributed by atoms with Crippen LogP contribution in [0.1, 0.15) is 0 Å². The van der Waals surface area contributed by atoms with Crippen LogP contribution in [0.4, 0.5) is 0 Å².